The first-order valence-corrected chi connectivity index (χ1v) is 7.86. The summed E-state index contributed by atoms with van der Waals surface area (Å²) in [6.45, 7) is 1.96. The molecule has 3 rings (SSSR count). The summed E-state index contributed by atoms with van der Waals surface area (Å²) < 4.78 is 5.47. The zero-order chi connectivity index (χ0) is 14.7. The fourth-order valence-electron chi connectivity index (χ4n) is 3.90. The van der Waals surface area contributed by atoms with Crippen LogP contribution in [0.5, 0.6) is 0 Å². The molecule has 1 N–H and O–H groups in total. The van der Waals surface area contributed by atoms with Gasteiger partial charge in [0.15, 0.2) is 0 Å². The minimum Gasteiger partial charge on any atom is -0.445 e. The summed E-state index contributed by atoms with van der Waals surface area (Å²) in [5.41, 5.74) is 1.31. The van der Waals surface area contributed by atoms with Crippen LogP contribution in [-0.2, 0) is 11.3 Å². The van der Waals surface area contributed by atoms with Crippen molar-refractivity contribution in [3.05, 3.63) is 35.9 Å². The van der Waals surface area contributed by atoms with E-state index in [1.807, 2.05) is 42.3 Å². The van der Waals surface area contributed by atoms with E-state index in [0.29, 0.717) is 12.6 Å². The monoisotopic (exact) mass is 288 g/mol. The Morgan fingerprint density at radius 3 is 2.71 bits per heavy atom. The first-order chi connectivity index (χ1) is 10.2. The van der Waals surface area contributed by atoms with Crippen molar-refractivity contribution in [1.82, 2.24) is 10.2 Å². The number of likely N-dealkylation sites (N-methyl/N-ethyl adjacent to an activating group) is 1. The van der Waals surface area contributed by atoms with E-state index in [4.69, 9.17) is 4.74 Å². The number of benzene rings is 1. The molecule has 1 aliphatic carbocycles. The van der Waals surface area contributed by atoms with Crippen LogP contribution < -0.4 is 5.32 Å². The molecule has 0 radical (unpaired) electrons. The van der Waals surface area contributed by atoms with E-state index in [2.05, 4.69) is 5.32 Å². The Hall–Kier alpha value is -1.55. The molecule has 21 heavy (non-hydrogen) atoms. The van der Waals surface area contributed by atoms with Gasteiger partial charge in [0.25, 0.3) is 0 Å². The minimum atomic E-state index is -0.178. The Kier molecular flexibility index (Phi) is 4.15. The van der Waals surface area contributed by atoms with Crippen LogP contribution in [0.25, 0.3) is 0 Å². The Balaban J connectivity index is 1.58. The Bertz CT molecular complexity index is 483. The first-order valence-electron chi connectivity index (χ1n) is 7.86. The van der Waals surface area contributed by atoms with E-state index in [1.54, 1.807) is 0 Å². The maximum Gasteiger partial charge on any atom is 0.410 e. The number of rotatable bonds is 3. The Morgan fingerprint density at radius 1 is 1.33 bits per heavy atom. The average Bonchev–Trinajstić information content (AvgIpc) is 3.14. The molecule has 0 aromatic heterocycles. The van der Waals surface area contributed by atoms with E-state index in [0.717, 1.165) is 18.7 Å². The zero-order valence-corrected chi connectivity index (χ0v) is 12.7. The third-order valence-corrected chi connectivity index (χ3v) is 5.06. The van der Waals surface area contributed by atoms with Crippen LogP contribution in [0.2, 0.25) is 0 Å². The Labute approximate surface area is 126 Å². The standard InChI is InChI=1S/C17H24N2O2/c1-18-15-11-19(13-17(15)9-5-6-10-17)16(20)21-12-14-7-3-2-4-8-14/h2-4,7-8,15,18H,5-6,9-13H2,1H3. The van der Waals surface area contributed by atoms with Crippen LogP contribution >= 0.6 is 0 Å². The van der Waals surface area contributed by atoms with Crippen molar-refractivity contribution in [3.63, 3.8) is 0 Å². The minimum absolute atomic E-state index is 0.178. The number of nitrogens with zero attached hydrogens (tertiary/aromatic N) is 1. The summed E-state index contributed by atoms with van der Waals surface area (Å²) in [5.74, 6) is 0. The van der Waals surface area contributed by atoms with Crippen molar-refractivity contribution in [2.45, 2.75) is 38.3 Å². The Morgan fingerprint density at radius 2 is 2.05 bits per heavy atom. The van der Waals surface area contributed by atoms with Gasteiger partial charge in [0.1, 0.15) is 6.61 Å². The van der Waals surface area contributed by atoms with Gasteiger partial charge in [-0.05, 0) is 25.5 Å². The molecule has 1 saturated carbocycles. The van der Waals surface area contributed by atoms with Gasteiger partial charge >= 0.3 is 6.09 Å². The normalized spacial score (nSPS) is 23.7. The molecule has 4 heteroatoms. The number of hydrogen-bond acceptors (Lipinski definition) is 3. The lowest BCUT2D eigenvalue weighted by Gasteiger charge is -2.29. The van der Waals surface area contributed by atoms with Crippen molar-refractivity contribution >= 4 is 6.09 Å². The molecule has 1 aliphatic heterocycles. The van der Waals surface area contributed by atoms with Gasteiger partial charge in [-0.25, -0.2) is 4.79 Å². The molecule has 0 bridgehead atoms. The van der Waals surface area contributed by atoms with E-state index >= 15 is 0 Å². The highest BCUT2D eigenvalue weighted by molar-refractivity contribution is 5.68. The lowest BCUT2D eigenvalue weighted by atomic mass is 9.81. The van der Waals surface area contributed by atoms with Crippen LogP contribution in [0.1, 0.15) is 31.2 Å². The summed E-state index contributed by atoms with van der Waals surface area (Å²) in [6, 6.07) is 10.3. The van der Waals surface area contributed by atoms with E-state index in [-0.39, 0.29) is 11.5 Å². The lowest BCUT2D eigenvalue weighted by molar-refractivity contribution is 0.0997. The second-order valence-corrected chi connectivity index (χ2v) is 6.33. The largest absolute Gasteiger partial charge is 0.445 e. The third kappa shape index (κ3) is 2.91. The molecule has 4 nitrogen and oxygen atoms in total. The average molecular weight is 288 g/mol. The highest BCUT2D eigenvalue weighted by atomic mass is 16.6. The predicted octanol–water partition coefficient (Wildman–Crippen LogP) is 2.79. The van der Waals surface area contributed by atoms with E-state index < -0.39 is 0 Å². The molecule has 1 saturated heterocycles. The quantitative estimate of drug-likeness (QED) is 0.930. The first kappa shape index (κ1) is 14.4. The van der Waals surface area contributed by atoms with Gasteiger partial charge in [0, 0.05) is 24.5 Å². The van der Waals surface area contributed by atoms with Crippen molar-refractivity contribution in [3.8, 4) is 0 Å². The molecule has 2 aliphatic rings. The van der Waals surface area contributed by atoms with Gasteiger partial charge < -0.3 is 15.0 Å². The third-order valence-electron chi connectivity index (χ3n) is 5.06. The number of likely N-dealkylation sites (tertiary alicyclic amines) is 1. The maximum atomic E-state index is 12.3. The maximum absolute atomic E-state index is 12.3. The van der Waals surface area contributed by atoms with Crippen molar-refractivity contribution < 1.29 is 9.53 Å². The molecule has 1 aromatic carbocycles. The fourth-order valence-corrected chi connectivity index (χ4v) is 3.90. The number of ether oxygens (including phenoxy) is 1. The molecule has 1 heterocycles. The second-order valence-electron chi connectivity index (χ2n) is 6.33. The van der Waals surface area contributed by atoms with Crippen molar-refractivity contribution in [2.24, 2.45) is 5.41 Å². The van der Waals surface area contributed by atoms with Gasteiger partial charge in [-0.3, -0.25) is 0 Å². The van der Waals surface area contributed by atoms with Gasteiger partial charge in [0.05, 0.1) is 0 Å². The summed E-state index contributed by atoms with van der Waals surface area (Å²) in [7, 11) is 2.00. The van der Waals surface area contributed by atoms with Gasteiger partial charge in [-0.15, -0.1) is 0 Å². The molecular formula is C17H24N2O2. The topological polar surface area (TPSA) is 41.6 Å². The molecule has 1 atom stereocenters. The van der Waals surface area contributed by atoms with Gasteiger partial charge in [-0.2, -0.15) is 0 Å². The van der Waals surface area contributed by atoms with Gasteiger partial charge in [0.2, 0.25) is 0 Å². The van der Waals surface area contributed by atoms with Crippen LogP contribution in [0.15, 0.2) is 30.3 Å². The molecule has 114 valence electrons. The highest BCUT2D eigenvalue weighted by Crippen LogP contribution is 2.45. The van der Waals surface area contributed by atoms with Crippen LogP contribution in [0.4, 0.5) is 4.79 Å². The number of nitrogens with one attached hydrogen (secondary N) is 1. The number of carbonyl (C=O) groups excluding carboxylic acids is 1. The molecule has 1 aromatic rings. The summed E-state index contributed by atoms with van der Waals surface area (Å²) in [6.07, 6.45) is 4.83. The zero-order valence-electron chi connectivity index (χ0n) is 12.7. The molecule has 1 unspecified atom stereocenters. The van der Waals surface area contributed by atoms with E-state index in [1.165, 1.54) is 25.7 Å². The number of hydrogen-bond donors (Lipinski definition) is 1. The molecule has 1 amide bonds. The smallest absolute Gasteiger partial charge is 0.410 e. The number of amides is 1. The highest BCUT2D eigenvalue weighted by Gasteiger charge is 2.49. The van der Waals surface area contributed by atoms with Gasteiger partial charge in [-0.1, -0.05) is 43.2 Å². The summed E-state index contributed by atoms with van der Waals surface area (Å²) >= 11 is 0. The second kappa shape index (κ2) is 6.06. The lowest BCUT2D eigenvalue weighted by Crippen LogP contribution is -2.40. The van der Waals surface area contributed by atoms with Crippen LogP contribution in [0, 0.1) is 5.41 Å². The number of carbonyl (C=O) groups is 1. The van der Waals surface area contributed by atoms with Crippen LogP contribution in [0.3, 0.4) is 0 Å². The van der Waals surface area contributed by atoms with Crippen molar-refractivity contribution in [2.75, 3.05) is 20.1 Å². The summed E-state index contributed by atoms with van der Waals surface area (Å²) in [4.78, 5) is 14.2. The summed E-state index contributed by atoms with van der Waals surface area (Å²) in [5, 5.41) is 3.41. The van der Waals surface area contributed by atoms with E-state index in [9.17, 15) is 4.79 Å². The SMILES string of the molecule is CNC1CN(C(=O)OCc2ccccc2)CC12CCCC2. The molecule has 1 spiro atoms. The fraction of sp³-hybridized carbons (Fsp3) is 0.588. The van der Waals surface area contributed by atoms with Crippen molar-refractivity contribution in [1.29, 1.82) is 0 Å². The molecule has 2 fully saturated rings. The predicted molar refractivity (Wildman–Crippen MR) is 81.9 cm³/mol. The van der Waals surface area contributed by atoms with Crippen LogP contribution in [-0.4, -0.2) is 37.2 Å². The molecular weight excluding hydrogens is 264 g/mol.